The lowest BCUT2D eigenvalue weighted by Crippen LogP contribution is -2.21. The lowest BCUT2D eigenvalue weighted by Gasteiger charge is -2.19. The van der Waals surface area contributed by atoms with Gasteiger partial charge in [0.2, 0.25) is 11.8 Å². The van der Waals surface area contributed by atoms with Crippen molar-refractivity contribution < 1.29 is 19.1 Å². The maximum absolute atomic E-state index is 13.5. The first-order chi connectivity index (χ1) is 27.3. The molecule has 4 heterocycles. The topological polar surface area (TPSA) is 134 Å². The second kappa shape index (κ2) is 17.2. The van der Waals surface area contributed by atoms with Crippen LogP contribution in [0.25, 0.3) is 21.8 Å². The molecule has 4 N–H and O–H groups in total. The van der Waals surface area contributed by atoms with Gasteiger partial charge in [-0.25, -0.2) is 9.97 Å². The first-order valence-electron chi connectivity index (χ1n) is 17.6. The number of nitrogens with zero attached hydrogens (tertiary/aromatic N) is 2. The molecule has 56 heavy (non-hydrogen) atoms. The summed E-state index contributed by atoms with van der Waals surface area (Å²) in [6, 6.07) is 36.1. The number of methoxy groups -OCH3 is 2. The highest BCUT2D eigenvalue weighted by atomic mass is 35.5. The van der Waals surface area contributed by atoms with Gasteiger partial charge in [0.25, 0.3) is 0 Å². The van der Waals surface area contributed by atoms with E-state index in [2.05, 4.69) is 30.6 Å². The van der Waals surface area contributed by atoms with E-state index < -0.39 is 12.1 Å². The zero-order chi connectivity index (χ0) is 39.0. The van der Waals surface area contributed by atoms with Crippen LogP contribution in [0, 0.1) is 0 Å². The molecule has 0 aliphatic rings. The van der Waals surface area contributed by atoms with Crippen LogP contribution in [0.4, 0.5) is 11.4 Å². The van der Waals surface area contributed by atoms with Crippen molar-refractivity contribution in [3.05, 3.63) is 178 Å². The largest absolute Gasteiger partial charge is 0.481 e. The maximum atomic E-state index is 13.5. The Morgan fingerprint density at radius 2 is 0.982 bits per heavy atom. The molecule has 0 saturated carbocycles. The van der Waals surface area contributed by atoms with Crippen LogP contribution < -0.4 is 20.1 Å². The third-order valence-electron chi connectivity index (χ3n) is 9.12. The Morgan fingerprint density at radius 1 is 0.571 bits per heavy atom. The number of ether oxygens (including phenoxy) is 2. The number of hydrogen-bond donors (Lipinski definition) is 4. The molecule has 280 valence electrons. The minimum Gasteiger partial charge on any atom is -0.481 e. The van der Waals surface area contributed by atoms with Gasteiger partial charge in [-0.1, -0.05) is 83.9 Å². The number of halogens is 2. The number of benzene rings is 4. The second-order valence-corrected chi connectivity index (χ2v) is 13.5. The first-order valence-corrected chi connectivity index (χ1v) is 18.3. The van der Waals surface area contributed by atoms with Gasteiger partial charge in [-0.05, 0) is 59.7 Å². The third kappa shape index (κ3) is 8.52. The van der Waals surface area contributed by atoms with Gasteiger partial charge in [-0.15, -0.1) is 0 Å². The fourth-order valence-corrected chi connectivity index (χ4v) is 6.70. The number of carbonyl (C=O) groups excluding carboxylic acids is 2. The number of ketones is 2. The van der Waals surface area contributed by atoms with Crippen molar-refractivity contribution in [3.63, 3.8) is 0 Å². The van der Waals surface area contributed by atoms with Crippen LogP contribution in [-0.4, -0.2) is 45.7 Å². The summed E-state index contributed by atoms with van der Waals surface area (Å²) in [7, 11) is 3.11. The zero-order valence-electron chi connectivity index (χ0n) is 30.3. The van der Waals surface area contributed by atoms with Gasteiger partial charge in [-0.3, -0.25) is 9.59 Å². The molecule has 2 unspecified atom stereocenters. The molecule has 2 atom stereocenters. The summed E-state index contributed by atoms with van der Waals surface area (Å²) in [5.41, 5.74) is 6.10. The lowest BCUT2D eigenvalue weighted by molar-refractivity contribution is 0.0963. The van der Waals surface area contributed by atoms with E-state index in [4.69, 9.17) is 32.7 Å². The van der Waals surface area contributed by atoms with Crippen LogP contribution >= 0.6 is 23.2 Å². The third-order valence-corrected chi connectivity index (χ3v) is 9.59. The zero-order valence-corrected chi connectivity index (χ0v) is 31.8. The van der Waals surface area contributed by atoms with Crippen molar-refractivity contribution in [2.24, 2.45) is 0 Å². The van der Waals surface area contributed by atoms with Crippen molar-refractivity contribution in [2.45, 2.75) is 12.1 Å². The molecular weight excluding hydrogens is 747 g/mol. The molecule has 4 aromatic carbocycles. The Balaban J connectivity index is 0.000000172. The molecular formula is C44H36Cl2N6O4. The van der Waals surface area contributed by atoms with Crippen molar-refractivity contribution in [1.29, 1.82) is 0 Å². The molecule has 0 saturated heterocycles. The molecule has 0 aliphatic carbocycles. The number of nitrogens with one attached hydrogen (secondary N) is 4. The number of fused-ring (bicyclic) bond motifs is 2. The standard InChI is InChI=1S/2C22H18ClN3O2/c2*1-28-20-12-16(9-10-24-20)26-21(14-5-3-2-4-6-14)22(27)18-13-25-19-8-7-15(23)11-17(18)19/h2*2-13,21,25H,1H3,(H,24,26). The molecule has 0 aliphatic heterocycles. The van der Waals surface area contributed by atoms with Crippen molar-refractivity contribution >= 4 is 67.9 Å². The van der Waals surface area contributed by atoms with Gasteiger partial charge < -0.3 is 30.1 Å². The average molecular weight is 784 g/mol. The number of aromatic nitrogens is 4. The normalized spacial score (nSPS) is 11.9. The van der Waals surface area contributed by atoms with Crippen LogP contribution in [0.15, 0.2) is 146 Å². The van der Waals surface area contributed by atoms with E-state index >= 15 is 0 Å². The predicted molar refractivity (Wildman–Crippen MR) is 222 cm³/mol. The molecule has 0 amide bonds. The van der Waals surface area contributed by atoms with Gasteiger partial charge in [0.05, 0.1) is 14.2 Å². The maximum Gasteiger partial charge on any atom is 0.214 e. The Morgan fingerprint density at radius 3 is 1.38 bits per heavy atom. The Kier molecular flexibility index (Phi) is 11.6. The molecule has 8 aromatic rings. The number of Topliss-reactive ketones (excluding diaryl/α,β-unsaturated/α-hetero) is 2. The summed E-state index contributed by atoms with van der Waals surface area (Å²) in [5, 5.41) is 9.41. The van der Waals surface area contributed by atoms with Crippen LogP contribution in [0.2, 0.25) is 10.0 Å². The second-order valence-electron chi connectivity index (χ2n) is 12.7. The SMILES string of the molecule is COc1cc(NC(C(=O)c2c[nH]c3ccc(Cl)cc23)c2ccccc2)ccn1.COc1cc(NC(C(=O)c2c[nH]c3ccc(Cl)cc23)c2ccccc2)ccn1. The van der Waals surface area contributed by atoms with Gasteiger partial charge in [0.1, 0.15) is 12.1 Å². The lowest BCUT2D eigenvalue weighted by atomic mass is 9.96. The van der Waals surface area contributed by atoms with E-state index in [1.165, 1.54) is 0 Å². The number of aromatic amines is 2. The summed E-state index contributed by atoms with van der Waals surface area (Å²) >= 11 is 12.3. The van der Waals surface area contributed by atoms with Crippen LogP contribution in [0.5, 0.6) is 11.8 Å². The highest BCUT2D eigenvalue weighted by Crippen LogP contribution is 2.31. The Labute approximate surface area is 332 Å². The molecule has 0 radical (unpaired) electrons. The number of carbonyl (C=O) groups is 2. The quantitative estimate of drug-likeness (QED) is 0.0900. The number of H-pyrrole nitrogens is 2. The van der Waals surface area contributed by atoms with Crippen molar-refractivity contribution in [1.82, 2.24) is 19.9 Å². The molecule has 4 aromatic heterocycles. The molecule has 12 heteroatoms. The van der Waals surface area contributed by atoms with E-state index in [-0.39, 0.29) is 11.6 Å². The molecule has 0 fully saturated rings. The van der Waals surface area contributed by atoms with E-state index in [0.717, 1.165) is 44.3 Å². The van der Waals surface area contributed by atoms with E-state index in [9.17, 15) is 9.59 Å². The molecule has 0 bridgehead atoms. The number of pyridine rings is 2. The molecule has 0 spiro atoms. The molecule has 8 rings (SSSR count). The average Bonchev–Trinajstić information content (AvgIpc) is 3.86. The predicted octanol–water partition coefficient (Wildman–Crippen LogP) is 10.5. The van der Waals surface area contributed by atoms with Crippen molar-refractivity contribution in [3.8, 4) is 11.8 Å². The van der Waals surface area contributed by atoms with Crippen LogP contribution in [0.1, 0.15) is 43.9 Å². The smallest absolute Gasteiger partial charge is 0.214 e. The van der Waals surface area contributed by atoms with Crippen LogP contribution in [-0.2, 0) is 0 Å². The first kappa shape index (κ1) is 37.7. The molecule has 10 nitrogen and oxygen atoms in total. The van der Waals surface area contributed by atoms with Gasteiger partial charge in [0.15, 0.2) is 11.6 Å². The van der Waals surface area contributed by atoms with Crippen LogP contribution in [0.3, 0.4) is 0 Å². The summed E-state index contributed by atoms with van der Waals surface area (Å²) in [4.78, 5) is 41.6. The Bertz CT molecular complexity index is 2430. The fraction of sp³-hybridized carbons (Fsp3) is 0.0909. The van der Waals surface area contributed by atoms with Gasteiger partial charge in [-0.2, -0.15) is 0 Å². The number of anilines is 2. The highest BCUT2D eigenvalue weighted by Gasteiger charge is 2.26. The van der Waals surface area contributed by atoms with Crippen molar-refractivity contribution in [2.75, 3.05) is 24.9 Å². The van der Waals surface area contributed by atoms with E-state index in [0.29, 0.717) is 32.9 Å². The Hall–Kier alpha value is -6.62. The minimum absolute atomic E-state index is 0.0597. The summed E-state index contributed by atoms with van der Waals surface area (Å²) in [6.07, 6.45) is 6.74. The van der Waals surface area contributed by atoms with Gasteiger partial charge in [0, 0.05) is 91.3 Å². The van der Waals surface area contributed by atoms with E-state index in [1.54, 1.807) is 87.5 Å². The highest BCUT2D eigenvalue weighted by molar-refractivity contribution is 6.32. The monoisotopic (exact) mass is 782 g/mol. The van der Waals surface area contributed by atoms with E-state index in [1.807, 2.05) is 72.8 Å². The summed E-state index contributed by atoms with van der Waals surface area (Å²) < 4.78 is 10.4. The summed E-state index contributed by atoms with van der Waals surface area (Å²) in [5.74, 6) is 0.831. The number of rotatable bonds is 12. The minimum atomic E-state index is -0.578. The van der Waals surface area contributed by atoms with Gasteiger partial charge >= 0.3 is 0 Å². The fourth-order valence-electron chi connectivity index (χ4n) is 6.35. The number of hydrogen-bond acceptors (Lipinski definition) is 8. The summed E-state index contributed by atoms with van der Waals surface area (Å²) in [6.45, 7) is 0.